The van der Waals surface area contributed by atoms with E-state index < -0.39 is 17.8 Å². The predicted molar refractivity (Wildman–Crippen MR) is 99.0 cm³/mol. The third-order valence-electron chi connectivity index (χ3n) is 5.46. The van der Waals surface area contributed by atoms with Crippen LogP contribution in [-0.4, -0.2) is 60.6 Å². The number of halogens is 4. The number of benzene rings is 1. The minimum atomic E-state index is -4.31. The Morgan fingerprint density at radius 3 is 2.44 bits per heavy atom. The average molecular weight is 407 g/mol. The summed E-state index contributed by atoms with van der Waals surface area (Å²) >= 11 is 0. The van der Waals surface area contributed by atoms with Crippen LogP contribution in [0.5, 0.6) is 0 Å². The van der Waals surface area contributed by atoms with Crippen molar-refractivity contribution in [3.63, 3.8) is 0 Å². The van der Waals surface area contributed by atoms with Crippen LogP contribution in [0.1, 0.15) is 30.9 Å². The van der Waals surface area contributed by atoms with Crippen LogP contribution in [-0.2, 0) is 22.1 Å². The molecule has 3 rings (SSSR count). The lowest BCUT2D eigenvalue weighted by Gasteiger charge is -2.48. The topological polar surface area (TPSA) is 32.8 Å². The van der Waals surface area contributed by atoms with Crippen LogP contribution >= 0.6 is 12.4 Å². The highest BCUT2D eigenvalue weighted by molar-refractivity contribution is 5.85. The van der Waals surface area contributed by atoms with E-state index >= 15 is 0 Å². The van der Waals surface area contributed by atoms with Crippen molar-refractivity contribution in [1.82, 2.24) is 9.80 Å². The van der Waals surface area contributed by atoms with Crippen molar-refractivity contribution < 1.29 is 22.7 Å². The molecule has 1 spiro atoms. The van der Waals surface area contributed by atoms with E-state index in [-0.39, 0.29) is 23.9 Å². The largest absolute Gasteiger partial charge is 0.416 e. The molecule has 8 heteroatoms. The van der Waals surface area contributed by atoms with E-state index in [0.29, 0.717) is 25.1 Å². The Hall–Kier alpha value is -1.31. The molecule has 4 nitrogen and oxygen atoms in total. The zero-order chi connectivity index (χ0) is 18.9. The molecule has 0 bridgehead atoms. The first kappa shape index (κ1) is 22.0. The Labute approximate surface area is 164 Å². The van der Waals surface area contributed by atoms with Crippen molar-refractivity contribution in [2.24, 2.45) is 0 Å². The van der Waals surface area contributed by atoms with E-state index in [1.54, 1.807) is 31.0 Å². The number of rotatable bonds is 3. The van der Waals surface area contributed by atoms with E-state index in [0.717, 1.165) is 32.0 Å². The van der Waals surface area contributed by atoms with Crippen molar-refractivity contribution in [2.75, 3.05) is 33.2 Å². The van der Waals surface area contributed by atoms with Crippen LogP contribution in [0.3, 0.4) is 0 Å². The van der Waals surface area contributed by atoms with Gasteiger partial charge in [-0.25, -0.2) is 0 Å². The summed E-state index contributed by atoms with van der Waals surface area (Å²) in [6.45, 7) is 4.49. The minimum absolute atomic E-state index is 0. The van der Waals surface area contributed by atoms with Crippen LogP contribution in [0.25, 0.3) is 0 Å². The molecule has 0 radical (unpaired) electrons. The van der Waals surface area contributed by atoms with Gasteiger partial charge >= 0.3 is 6.18 Å². The van der Waals surface area contributed by atoms with Gasteiger partial charge in [0.2, 0.25) is 0 Å². The number of likely N-dealkylation sites (N-methyl/N-ethyl adjacent to an activating group) is 1. The second kappa shape index (κ2) is 8.37. The number of likely N-dealkylation sites (tertiary alicyclic amines) is 1. The standard InChI is InChI=1S/C19H25F3N2O2.ClH/c1-14-17(25)23(2)13-18(26-14)8-11-24(12-9-18)10-7-15-5-3-4-6-16(15)19(20,21)22;/h3-6,14H,7-13H2,1-2H3;1H. The fourth-order valence-electron chi connectivity index (χ4n) is 4.04. The zero-order valence-electron chi connectivity index (χ0n) is 15.6. The highest BCUT2D eigenvalue weighted by Crippen LogP contribution is 2.34. The Balaban J connectivity index is 0.00000261. The maximum Gasteiger partial charge on any atom is 0.416 e. The molecular weight excluding hydrogens is 381 g/mol. The van der Waals surface area contributed by atoms with Gasteiger partial charge in [0.05, 0.1) is 11.2 Å². The fraction of sp³-hybridized carbons (Fsp3) is 0.632. The molecule has 2 aliphatic heterocycles. The number of ether oxygens (including phenoxy) is 1. The first-order valence-corrected chi connectivity index (χ1v) is 9.00. The number of carbonyl (C=O) groups is 1. The van der Waals surface area contributed by atoms with Gasteiger partial charge in [0, 0.05) is 33.2 Å². The highest BCUT2D eigenvalue weighted by atomic mass is 35.5. The number of alkyl halides is 3. The second-order valence-electron chi connectivity index (χ2n) is 7.38. The lowest BCUT2D eigenvalue weighted by atomic mass is 9.88. The smallest absolute Gasteiger partial charge is 0.360 e. The Morgan fingerprint density at radius 2 is 1.85 bits per heavy atom. The molecule has 1 amide bonds. The lowest BCUT2D eigenvalue weighted by molar-refractivity contribution is -0.186. The molecule has 2 saturated heterocycles. The Bertz CT molecular complexity index is 645. The maximum atomic E-state index is 13.1. The molecular formula is C19H26ClF3N2O2. The van der Waals surface area contributed by atoms with Crippen LogP contribution in [0.15, 0.2) is 24.3 Å². The average Bonchev–Trinajstić information content (AvgIpc) is 2.59. The lowest BCUT2D eigenvalue weighted by Crippen LogP contribution is -2.60. The van der Waals surface area contributed by atoms with Crippen LogP contribution in [0.2, 0.25) is 0 Å². The first-order chi connectivity index (χ1) is 12.2. The molecule has 2 fully saturated rings. The van der Waals surface area contributed by atoms with E-state index in [1.807, 2.05) is 0 Å². The summed E-state index contributed by atoms with van der Waals surface area (Å²) in [4.78, 5) is 15.8. The normalized spacial score (nSPS) is 23.4. The summed E-state index contributed by atoms with van der Waals surface area (Å²) in [5, 5.41) is 0. The number of hydrogen-bond acceptors (Lipinski definition) is 3. The van der Waals surface area contributed by atoms with Crippen LogP contribution in [0.4, 0.5) is 13.2 Å². The Kier molecular flexibility index (Phi) is 6.81. The third-order valence-corrected chi connectivity index (χ3v) is 5.46. The van der Waals surface area contributed by atoms with Gasteiger partial charge in [0.15, 0.2) is 0 Å². The monoisotopic (exact) mass is 406 g/mol. The summed E-state index contributed by atoms with van der Waals surface area (Å²) in [5.41, 5.74) is -0.520. The van der Waals surface area contributed by atoms with Gasteiger partial charge in [0.1, 0.15) is 6.10 Å². The van der Waals surface area contributed by atoms with Crippen molar-refractivity contribution in [2.45, 2.75) is 44.1 Å². The van der Waals surface area contributed by atoms with Gasteiger partial charge in [-0.05, 0) is 37.8 Å². The quantitative estimate of drug-likeness (QED) is 0.771. The molecule has 0 aliphatic carbocycles. The number of piperidine rings is 1. The van der Waals surface area contributed by atoms with Crippen molar-refractivity contribution in [1.29, 1.82) is 0 Å². The van der Waals surface area contributed by atoms with Crippen LogP contribution in [0, 0.1) is 0 Å². The summed E-state index contributed by atoms with van der Waals surface area (Å²) in [7, 11) is 1.80. The third kappa shape index (κ3) is 4.95. The molecule has 152 valence electrons. The number of amides is 1. The number of hydrogen-bond donors (Lipinski definition) is 0. The van der Waals surface area contributed by atoms with E-state index in [1.165, 1.54) is 6.07 Å². The molecule has 2 heterocycles. The van der Waals surface area contributed by atoms with E-state index in [9.17, 15) is 18.0 Å². The molecule has 27 heavy (non-hydrogen) atoms. The first-order valence-electron chi connectivity index (χ1n) is 9.00. The summed E-state index contributed by atoms with van der Waals surface area (Å²) in [6.07, 6.45) is -2.80. The molecule has 1 atom stereocenters. The van der Waals surface area contributed by atoms with Gasteiger partial charge < -0.3 is 14.5 Å². The predicted octanol–water partition coefficient (Wildman–Crippen LogP) is 3.38. The molecule has 1 aromatic carbocycles. The summed E-state index contributed by atoms with van der Waals surface area (Å²) < 4.78 is 45.3. The van der Waals surface area contributed by atoms with Gasteiger partial charge in [-0.1, -0.05) is 18.2 Å². The molecule has 0 N–H and O–H groups in total. The summed E-state index contributed by atoms with van der Waals surface area (Å²) in [6, 6.07) is 5.78. The molecule has 0 saturated carbocycles. The molecule has 2 aliphatic rings. The molecule has 1 unspecified atom stereocenters. The van der Waals surface area contributed by atoms with Gasteiger partial charge in [-0.3, -0.25) is 4.79 Å². The Morgan fingerprint density at radius 1 is 1.22 bits per heavy atom. The van der Waals surface area contributed by atoms with Gasteiger partial charge in [0.25, 0.3) is 5.91 Å². The fourth-order valence-corrected chi connectivity index (χ4v) is 4.04. The zero-order valence-corrected chi connectivity index (χ0v) is 16.4. The van der Waals surface area contributed by atoms with E-state index in [4.69, 9.17) is 4.74 Å². The van der Waals surface area contributed by atoms with Crippen molar-refractivity contribution >= 4 is 18.3 Å². The number of carbonyl (C=O) groups excluding carboxylic acids is 1. The van der Waals surface area contributed by atoms with Crippen molar-refractivity contribution in [3.05, 3.63) is 35.4 Å². The second-order valence-corrected chi connectivity index (χ2v) is 7.38. The molecule has 0 aromatic heterocycles. The SMILES string of the molecule is CC1OC2(CCN(CCc3ccccc3C(F)(F)F)CC2)CN(C)C1=O.Cl. The number of morpholine rings is 1. The van der Waals surface area contributed by atoms with Gasteiger partial charge in [-0.15, -0.1) is 12.4 Å². The highest BCUT2D eigenvalue weighted by Gasteiger charge is 2.44. The van der Waals surface area contributed by atoms with Crippen molar-refractivity contribution in [3.8, 4) is 0 Å². The minimum Gasteiger partial charge on any atom is -0.360 e. The number of nitrogens with zero attached hydrogens (tertiary/aromatic N) is 2. The van der Waals surface area contributed by atoms with E-state index in [2.05, 4.69) is 4.90 Å². The summed E-state index contributed by atoms with van der Waals surface area (Å²) in [5.74, 6) is 0.00168. The van der Waals surface area contributed by atoms with Gasteiger partial charge in [-0.2, -0.15) is 13.2 Å². The van der Waals surface area contributed by atoms with Crippen LogP contribution < -0.4 is 0 Å². The molecule has 1 aromatic rings. The maximum absolute atomic E-state index is 13.1.